The molecule has 1 aromatic carbocycles. The quantitative estimate of drug-likeness (QED) is 0.837. The van der Waals surface area contributed by atoms with E-state index in [0.29, 0.717) is 35.6 Å². The molecule has 0 aliphatic carbocycles. The lowest BCUT2D eigenvalue weighted by Gasteiger charge is -2.19. The minimum absolute atomic E-state index is 0.179. The molecule has 2 N–H and O–H groups in total. The number of sulfonamides is 1. The molecular weight excluding hydrogens is 360 g/mol. The van der Waals surface area contributed by atoms with Gasteiger partial charge >= 0.3 is 0 Å². The Labute approximate surface area is 133 Å². The van der Waals surface area contributed by atoms with Crippen molar-refractivity contribution in [3.8, 4) is 11.5 Å². The lowest BCUT2D eigenvalue weighted by Crippen LogP contribution is -2.30. The Morgan fingerprint density at radius 3 is 2.48 bits per heavy atom. The van der Waals surface area contributed by atoms with Crippen molar-refractivity contribution in [3.63, 3.8) is 0 Å². The summed E-state index contributed by atoms with van der Waals surface area (Å²) in [4.78, 5) is 0.179. The number of rotatable bonds is 5. The molecule has 1 fully saturated rings. The number of ether oxygens (including phenoxy) is 2. The smallest absolute Gasteiger partial charge is 0.244 e. The number of benzene rings is 1. The maximum Gasteiger partial charge on any atom is 0.244 e. The van der Waals surface area contributed by atoms with Gasteiger partial charge in [0.15, 0.2) is 11.5 Å². The van der Waals surface area contributed by atoms with E-state index in [4.69, 9.17) is 15.2 Å². The second kappa shape index (κ2) is 6.51. The van der Waals surface area contributed by atoms with Crippen LogP contribution in [-0.4, -0.2) is 46.6 Å². The van der Waals surface area contributed by atoms with Crippen LogP contribution in [-0.2, 0) is 10.0 Å². The first-order valence-electron chi connectivity index (χ1n) is 6.55. The second-order valence-electron chi connectivity index (χ2n) is 4.89. The van der Waals surface area contributed by atoms with Gasteiger partial charge in [-0.3, -0.25) is 0 Å². The van der Waals surface area contributed by atoms with E-state index in [0.717, 1.165) is 6.42 Å². The highest BCUT2D eigenvalue weighted by molar-refractivity contribution is 9.10. The van der Waals surface area contributed by atoms with Crippen LogP contribution < -0.4 is 15.2 Å². The summed E-state index contributed by atoms with van der Waals surface area (Å²) in [5.41, 5.74) is 5.62. The molecule has 1 aromatic rings. The lowest BCUT2D eigenvalue weighted by molar-refractivity contribution is 0.353. The summed E-state index contributed by atoms with van der Waals surface area (Å²) in [5, 5.41) is 0. The molecule has 8 heteroatoms. The first-order valence-corrected chi connectivity index (χ1v) is 8.79. The summed E-state index contributed by atoms with van der Waals surface area (Å²) in [6.07, 6.45) is 0.792. The SMILES string of the molecule is COc1cc(Br)c(S(=O)(=O)N2CC[C@@H](CN)C2)cc1OC. The Kier molecular flexibility index (Phi) is 5.13. The summed E-state index contributed by atoms with van der Waals surface area (Å²) in [6, 6.07) is 3.08. The van der Waals surface area contributed by atoms with Crippen LogP contribution in [0, 0.1) is 5.92 Å². The maximum absolute atomic E-state index is 12.7. The number of nitrogens with two attached hydrogens (primary N) is 1. The molecule has 1 heterocycles. The van der Waals surface area contributed by atoms with Crippen molar-refractivity contribution in [1.29, 1.82) is 0 Å². The fraction of sp³-hybridized carbons (Fsp3) is 0.538. The molecular formula is C13H19BrN2O4S. The van der Waals surface area contributed by atoms with Gasteiger partial charge in [0.1, 0.15) is 4.90 Å². The van der Waals surface area contributed by atoms with Crippen LogP contribution in [0.25, 0.3) is 0 Å². The number of hydrogen-bond donors (Lipinski definition) is 1. The zero-order valence-corrected chi connectivity index (χ0v) is 14.4. The van der Waals surface area contributed by atoms with Crippen molar-refractivity contribution in [2.75, 3.05) is 33.9 Å². The van der Waals surface area contributed by atoms with E-state index in [-0.39, 0.29) is 10.8 Å². The van der Waals surface area contributed by atoms with Crippen molar-refractivity contribution in [2.24, 2.45) is 11.7 Å². The van der Waals surface area contributed by atoms with E-state index in [2.05, 4.69) is 15.9 Å². The summed E-state index contributed by atoms with van der Waals surface area (Å²) in [7, 11) is -0.595. The van der Waals surface area contributed by atoms with Crippen LogP contribution in [0.3, 0.4) is 0 Å². The first-order chi connectivity index (χ1) is 9.93. The van der Waals surface area contributed by atoms with Crippen molar-refractivity contribution >= 4 is 26.0 Å². The molecule has 0 amide bonds. The van der Waals surface area contributed by atoms with Gasteiger partial charge < -0.3 is 15.2 Å². The van der Waals surface area contributed by atoms with Crippen molar-refractivity contribution in [2.45, 2.75) is 11.3 Å². The van der Waals surface area contributed by atoms with E-state index in [1.807, 2.05) is 0 Å². The zero-order valence-electron chi connectivity index (χ0n) is 12.0. The standard InChI is InChI=1S/C13H19BrN2O4S/c1-19-11-5-10(14)13(6-12(11)20-2)21(17,18)16-4-3-9(7-15)8-16/h5-6,9H,3-4,7-8,15H2,1-2H3/t9-/m0/s1. The third kappa shape index (κ3) is 3.18. The molecule has 21 heavy (non-hydrogen) atoms. The van der Waals surface area contributed by atoms with E-state index < -0.39 is 10.0 Å². The van der Waals surface area contributed by atoms with Gasteiger partial charge in [-0.2, -0.15) is 4.31 Å². The number of methoxy groups -OCH3 is 2. The Morgan fingerprint density at radius 2 is 1.95 bits per heavy atom. The molecule has 0 bridgehead atoms. The minimum atomic E-state index is -3.57. The normalized spacial score (nSPS) is 19.7. The Bertz CT molecular complexity index is 621. The van der Waals surface area contributed by atoms with Crippen LogP contribution in [0.15, 0.2) is 21.5 Å². The van der Waals surface area contributed by atoms with Gasteiger partial charge in [-0.25, -0.2) is 8.42 Å². The zero-order chi connectivity index (χ0) is 15.6. The summed E-state index contributed by atoms with van der Waals surface area (Å²) < 4.78 is 37.8. The van der Waals surface area contributed by atoms with E-state index in [9.17, 15) is 8.42 Å². The Morgan fingerprint density at radius 1 is 1.33 bits per heavy atom. The predicted octanol–water partition coefficient (Wildman–Crippen LogP) is 1.44. The fourth-order valence-electron chi connectivity index (χ4n) is 2.38. The van der Waals surface area contributed by atoms with Crippen molar-refractivity contribution < 1.29 is 17.9 Å². The highest BCUT2D eigenvalue weighted by Gasteiger charge is 2.33. The Balaban J connectivity index is 2.41. The maximum atomic E-state index is 12.7. The molecule has 1 atom stereocenters. The Hall–Kier alpha value is -0.830. The number of nitrogens with zero attached hydrogens (tertiary/aromatic N) is 1. The molecule has 0 saturated carbocycles. The van der Waals surface area contributed by atoms with Gasteiger partial charge in [-0.15, -0.1) is 0 Å². The van der Waals surface area contributed by atoms with Gasteiger partial charge in [-0.1, -0.05) is 0 Å². The lowest BCUT2D eigenvalue weighted by atomic mass is 10.1. The summed E-state index contributed by atoms with van der Waals surface area (Å²) >= 11 is 3.30. The van der Waals surface area contributed by atoms with Gasteiger partial charge in [0.2, 0.25) is 10.0 Å². The van der Waals surface area contributed by atoms with E-state index in [1.165, 1.54) is 24.6 Å². The first kappa shape index (κ1) is 16.5. The second-order valence-corrected chi connectivity index (χ2v) is 7.65. The van der Waals surface area contributed by atoms with Gasteiger partial charge in [0.05, 0.1) is 14.2 Å². The highest BCUT2D eigenvalue weighted by Crippen LogP contribution is 2.37. The third-order valence-electron chi connectivity index (χ3n) is 3.64. The van der Waals surface area contributed by atoms with Crippen molar-refractivity contribution in [1.82, 2.24) is 4.31 Å². The molecule has 0 aromatic heterocycles. The van der Waals surface area contributed by atoms with E-state index in [1.54, 1.807) is 6.07 Å². The van der Waals surface area contributed by atoms with Crippen molar-refractivity contribution in [3.05, 3.63) is 16.6 Å². The highest BCUT2D eigenvalue weighted by atomic mass is 79.9. The molecule has 1 saturated heterocycles. The van der Waals surface area contributed by atoms with Crippen LogP contribution in [0.1, 0.15) is 6.42 Å². The average Bonchev–Trinajstić information content (AvgIpc) is 2.96. The average molecular weight is 379 g/mol. The van der Waals surface area contributed by atoms with Gasteiger partial charge in [0, 0.05) is 23.6 Å². The topological polar surface area (TPSA) is 81.9 Å². The fourth-order valence-corrected chi connectivity index (χ4v) is 4.91. The molecule has 118 valence electrons. The van der Waals surface area contributed by atoms with Crippen LogP contribution in [0.2, 0.25) is 0 Å². The van der Waals surface area contributed by atoms with E-state index >= 15 is 0 Å². The summed E-state index contributed by atoms with van der Waals surface area (Å²) in [5.74, 6) is 1.08. The molecule has 0 unspecified atom stereocenters. The molecule has 0 spiro atoms. The summed E-state index contributed by atoms with van der Waals surface area (Å²) in [6.45, 7) is 1.45. The molecule has 1 aliphatic heterocycles. The minimum Gasteiger partial charge on any atom is -0.493 e. The van der Waals surface area contributed by atoms with Gasteiger partial charge in [-0.05, 0) is 40.9 Å². The van der Waals surface area contributed by atoms with Crippen LogP contribution in [0.4, 0.5) is 0 Å². The molecule has 0 radical (unpaired) electrons. The predicted molar refractivity (Wildman–Crippen MR) is 83.2 cm³/mol. The molecule has 2 rings (SSSR count). The molecule has 1 aliphatic rings. The van der Waals surface area contributed by atoms with Crippen LogP contribution >= 0.6 is 15.9 Å². The third-order valence-corrected chi connectivity index (χ3v) is 6.46. The van der Waals surface area contributed by atoms with Crippen LogP contribution in [0.5, 0.6) is 11.5 Å². The monoisotopic (exact) mass is 378 g/mol. The molecule has 6 nitrogen and oxygen atoms in total. The number of halogens is 1. The largest absolute Gasteiger partial charge is 0.493 e. The number of hydrogen-bond acceptors (Lipinski definition) is 5. The van der Waals surface area contributed by atoms with Gasteiger partial charge in [0.25, 0.3) is 0 Å².